The van der Waals surface area contributed by atoms with Crippen LogP contribution in [0.2, 0.25) is 5.02 Å². The van der Waals surface area contributed by atoms with Crippen LogP contribution in [0.15, 0.2) is 72.8 Å². The quantitative estimate of drug-likeness (QED) is 0.639. The maximum absolute atomic E-state index is 12.8. The van der Waals surface area contributed by atoms with Gasteiger partial charge in [0.2, 0.25) is 0 Å². The first-order valence-electron chi connectivity index (χ1n) is 10.3. The Kier molecular flexibility index (Phi) is 6.23. The van der Waals surface area contributed by atoms with E-state index in [1.54, 1.807) is 12.1 Å². The Hall–Kier alpha value is -3.31. The highest BCUT2D eigenvalue weighted by Gasteiger charge is 2.25. The topological polar surface area (TPSA) is 52.7 Å². The normalized spacial score (nSPS) is 13.7. The average molecular weight is 434 g/mol. The van der Waals surface area contributed by atoms with Gasteiger partial charge in [-0.1, -0.05) is 53.6 Å². The summed E-state index contributed by atoms with van der Waals surface area (Å²) >= 11 is 6.53. The Morgan fingerprint density at radius 1 is 0.806 bits per heavy atom. The molecule has 1 aliphatic rings. The Morgan fingerprint density at radius 2 is 1.48 bits per heavy atom. The molecular weight excluding hydrogens is 410 g/mol. The van der Waals surface area contributed by atoms with Gasteiger partial charge in [-0.25, -0.2) is 0 Å². The third kappa shape index (κ3) is 4.72. The van der Waals surface area contributed by atoms with Crippen molar-refractivity contribution in [2.75, 3.05) is 36.4 Å². The predicted octanol–water partition coefficient (Wildman–Crippen LogP) is 4.86. The van der Waals surface area contributed by atoms with Gasteiger partial charge in [-0.15, -0.1) is 0 Å². The molecule has 0 atom stereocenters. The molecule has 3 aromatic carbocycles. The third-order valence-electron chi connectivity index (χ3n) is 5.45. The maximum atomic E-state index is 12.8. The van der Waals surface area contributed by atoms with E-state index < -0.39 is 0 Å². The lowest BCUT2D eigenvalue weighted by molar-refractivity contribution is 0.0746. The van der Waals surface area contributed by atoms with E-state index in [0.29, 0.717) is 48.0 Å². The molecule has 0 saturated carbocycles. The molecule has 1 saturated heterocycles. The Balaban J connectivity index is 1.47. The second-order valence-corrected chi connectivity index (χ2v) is 8.01. The monoisotopic (exact) mass is 433 g/mol. The van der Waals surface area contributed by atoms with Crippen LogP contribution in [0.4, 0.5) is 11.4 Å². The first kappa shape index (κ1) is 20.9. The van der Waals surface area contributed by atoms with Crippen molar-refractivity contribution in [2.45, 2.75) is 6.92 Å². The lowest BCUT2D eigenvalue weighted by Crippen LogP contribution is -2.49. The molecule has 1 fully saturated rings. The second-order valence-electron chi connectivity index (χ2n) is 7.60. The predicted molar refractivity (Wildman–Crippen MR) is 125 cm³/mol. The van der Waals surface area contributed by atoms with Gasteiger partial charge in [-0.2, -0.15) is 0 Å². The molecule has 3 aromatic rings. The van der Waals surface area contributed by atoms with E-state index in [1.165, 1.54) is 0 Å². The number of halogens is 1. The van der Waals surface area contributed by atoms with Crippen LogP contribution in [0.5, 0.6) is 0 Å². The van der Waals surface area contributed by atoms with E-state index in [4.69, 9.17) is 11.6 Å². The molecule has 1 N–H and O–H groups in total. The largest absolute Gasteiger partial charge is 0.365 e. The van der Waals surface area contributed by atoms with Crippen LogP contribution < -0.4 is 10.2 Å². The minimum absolute atomic E-state index is 0.0383. The number of carbonyl (C=O) groups excluding carboxylic acids is 2. The molecule has 1 aliphatic heterocycles. The number of carbonyl (C=O) groups is 2. The van der Waals surface area contributed by atoms with Crippen LogP contribution in [-0.4, -0.2) is 42.9 Å². The van der Waals surface area contributed by atoms with E-state index in [9.17, 15) is 9.59 Å². The molecule has 5 nitrogen and oxygen atoms in total. The Bertz CT molecular complexity index is 1080. The standard InChI is InChI=1S/C25H24ClN3O2/c1-18-10-12-20(13-11-18)25(31)29-16-14-28(15-17-29)23-21(26)8-5-9-22(23)27-24(30)19-6-3-2-4-7-19/h2-13H,14-17H2,1H3,(H,27,30). The summed E-state index contributed by atoms with van der Waals surface area (Å²) in [6, 6.07) is 22.2. The summed E-state index contributed by atoms with van der Waals surface area (Å²) in [6.45, 7) is 4.45. The van der Waals surface area contributed by atoms with Gasteiger partial charge in [0.25, 0.3) is 11.8 Å². The summed E-state index contributed by atoms with van der Waals surface area (Å²) in [4.78, 5) is 29.5. The molecule has 1 heterocycles. The molecule has 0 bridgehead atoms. The smallest absolute Gasteiger partial charge is 0.255 e. The molecule has 0 aromatic heterocycles. The number of amides is 2. The molecule has 0 unspecified atom stereocenters. The van der Waals surface area contributed by atoms with Gasteiger partial charge >= 0.3 is 0 Å². The molecule has 0 aliphatic carbocycles. The number of nitrogens with one attached hydrogen (secondary N) is 1. The van der Waals surface area contributed by atoms with Crippen molar-refractivity contribution in [3.05, 3.63) is 94.5 Å². The van der Waals surface area contributed by atoms with E-state index in [1.807, 2.05) is 72.5 Å². The first-order chi connectivity index (χ1) is 15.0. The van der Waals surface area contributed by atoms with Crippen LogP contribution >= 0.6 is 11.6 Å². The van der Waals surface area contributed by atoms with Crippen molar-refractivity contribution in [1.82, 2.24) is 4.90 Å². The Morgan fingerprint density at radius 3 is 2.16 bits per heavy atom. The molecular formula is C25H24ClN3O2. The molecule has 2 amide bonds. The minimum Gasteiger partial charge on any atom is -0.365 e. The fourth-order valence-electron chi connectivity index (χ4n) is 3.73. The summed E-state index contributed by atoms with van der Waals surface area (Å²) in [5.41, 5.74) is 3.87. The number of nitrogens with zero attached hydrogens (tertiary/aromatic N) is 2. The van der Waals surface area contributed by atoms with Crippen LogP contribution in [0, 0.1) is 6.92 Å². The van der Waals surface area contributed by atoms with Crippen LogP contribution in [0.3, 0.4) is 0 Å². The van der Waals surface area contributed by atoms with Crippen molar-refractivity contribution in [1.29, 1.82) is 0 Å². The number of hydrogen-bond donors (Lipinski definition) is 1. The van der Waals surface area contributed by atoms with Crippen molar-refractivity contribution < 1.29 is 9.59 Å². The van der Waals surface area contributed by atoms with Gasteiger partial charge in [0, 0.05) is 37.3 Å². The van der Waals surface area contributed by atoms with Crippen molar-refractivity contribution in [2.24, 2.45) is 0 Å². The van der Waals surface area contributed by atoms with Crippen LogP contribution in [0.25, 0.3) is 0 Å². The number of aryl methyl sites for hydroxylation is 1. The lowest BCUT2D eigenvalue weighted by Gasteiger charge is -2.37. The van der Waals surface area contributed by atoms with Crippen molar-refractivity contribution >= 4 is 34.8 Å². The van der Waals surface area contributed by atoms with E-state index in [-0.39, 0.29) is 11.8 Å². The summed E-state index contributed by atoms with van der Waals surface area (Å²) in [5.74, 6) is -0.145. The van der Waals surface area contributed by atoms with Gasteiger partial charge in [0.1, 0.15) is 0 Å². The highest BCUT2D eigenvalue weighted by Crippen LogP contribution is 2.35. The SMILES string of the molecule is Cc1ccc(C(=O)N2CCN(c3c(Cl)cccc3NC(=O)c3ccccc3)CC2)cc1. The van der Waals surface area contributed by atoms with Gasteiger partial charge < -0.3 is 15.1 Å². The number of piperazine rings is 1. The van der Waals surface area contributed by atoms with Gasteiger partial charge in [-0.05, 0) is 43.3 Å². The molecule has 31 heavy (non-hydrogen) atoms. The van der Waals surface area contributed by atoms with E-state index in [0.717, 1.165) is 11.3 Å². The van der Waals surface area contributed by atoms with Crippen molar-refractivity contribution in [3.63, 3.8) is 0 Å². The number of para-hydroxylation sites is 1. The average Bonchev–Trinajstić information content (AvgIpc) is 2.80. The number of anilines is 2. The highest BCUT2D eigenvalue weighted by molar-refractivity contribution is 6.34. The van der Waals surface area contributed by atoms with Gasteiger partial charge in [0.05, 0.1) is 16.4 Å². The zero-order chi connectivity index (χ0) is 21.8. The number of rotatable bonds is 4. The molecule has 0 radical (unpaired) electrons. The third-order valence-corrected chi connectivity index (χ3v) is 5.76. The fourth-order valence-corrected chi connectivity index (χ4v) is 4.03. The lowest BCUT2D eigenvalue weighted by atomic mass is 10.1. The molecule has 158 valence electrons. The van der Waals surface area contributed by atoms with Crippen LogP contribution in [0.1, 0.15) is 26.3 Å². The number of hydrogen-bond acceptors (Lipinski definition) is 3. The number of benzene rings is 3. The van der Waals surface area contributed by atoms with Crippen LogP contribution in [-0.2, 0) is 0 Å². The Labute approximate surface area is 187 Å². The van der Waals surface area contributed by atoms with Gasteiger partial charge in [-0.3, -0.25) is 9.59 Å². The minimum atomic E-state index is -0.183. The fraction of sp³-hybridized carbons (Fsp3) is 0.200. The molecule has 6 heteroatoms. The highest BCUT2D eigenvalue weighted by atomic mass is 35.5. The first-order valence-corrected chi connectivity index (χ1v) is 10.7. The van der Waals surface area contributed by atoms with E-state index in [2.05, 4.69) is 10.2 Å². The van der Waals surface area contributed by atoms with Gasteiger partial charge in [0.15, 0.2) is 0 Å². The maximum Gasteiger partial charge on any atom is 0.255 e. The zero-order valence-corrected chi connectivity index (χ0v) is 18.1. The summed E-state index contributed by atoms with van der Waals surface area (Å²) in [6.07, 6.45) is 0. The molecule has 0 spiro atoms. The van der Waals surface area contributed by atoms with Crippen molar-refractivity contribution in [3.8, 4) is 0 Å². The summed E-state index contributed by atoms with van der Waals surface area (Å²) in [7, 11) is 0. The second kappa shape index (κ2) is 9.23. The molecule has 4 rings (SSSR count). The van der Waals surface area contributed by atoms with E-state index >= 15 is 0 Å². The zero-order valence-electron chi connectivity index (χ0n) is 17.3. The summed E-state index contributed by atoms with van der Waals surface area (Å²) in [5, 5.41) is 3.56. The summed E-state index contributed by atoms with van der Waals surface area (Å²) < 4.78 is 0.